The van der Waals surface area contributed by atoms with Crippen molar-refractivity contribution in [2.24, 2.45) is 5.10 Å². The van der Waals surface area contributed by atoms with Crippen molar-refractivity contribution in [3.8, 4) is 0 Å². The van der Waals surface area contributed by atoms with E-state index in [-0.39, 0.29) is 11.4 Å². The van der Waals surface area contributed by atoms with E-state index in [0.717, 1.165) is 0 Å². The Hall–Kier alpha value is -4.20. The number of rotatable bonds is 4. The number of para-hydroxylation sites is 2. The first kappa shape index (κ1) is 17.9. The third-order valence-electron chi connectivity index (χ3n) is 4.79. The third kappa shape index (κ3) is 2.86. The molecule has 0 saturated carbocycles. The molecule has 5 rings (SSSR count). The fraction of sp³-hybridized carbons (Fsp3) is 0.0455. The molecule has 0 atom stereocenters. The van der Waals surface area contributed by atoms with Crippen LogP contribution in [0, 0.1) is 5.82 Å². The Bertz CT molecular complexity index is 1510. The summed E-state index contributed by atoms with van der Waals surface area (Å²) in [6, 6.07) is 13.4. The molecule has 0 aliphatic carbocycles. The smallest absolute Gasteiger partial charge is 0.250 e. The summed E-state index contributed by atoms with van der Waals surface area (Å²) in [5.41, 5.74) is 3.26. The molecule has 0 unspecified atom stereocenters. The van der Waals surface area contributed by atoms with Crippen LogP contribution in [0.25, 0.3) is 33.2 Å². The van der Waals surface area contributed by atoms with Crippen LogP contribution in [0.3, 0.4) is 0 Å². The Morgan fingerprint density at radius 1 is 1.10 bits per heavy atom. The fourth-order valence-corrected chi connectivity index (χ4v) is 3.37. The first-order chi connectivity index (χ1) is 14.7. The SMILES string of the molecule is C=CCn1c[nH+]c2c(c1=O)c1nc3ccccc3nc1n2/N=C\c1ccc(F)cc1. The molecule has 0 amide bonds. The molecule has 1 N–H and O–H groups in total. The molecule has 7 nitrogen and oxygen atoms in total. The number of allylic oxidation sites excluding steroid dienone is 1. The van der Waals surface area contributed by atoms with Crippen LogP contribution in [0.5, 0.6) is 0 Å². The van der Waals surface area contributed by atoms with Crippen molar-refractivity contribution in [3.63, 3.8) is 0 Å². The summed E-state index contributed by atoms with van der Waals surface area (Å²) in [4.78, 5) is 25.6. The van der Waals surface area contributed by atoms with E-state index in [1.807, 2.05) is 24.3 Å². The van der Waals surface area contributed by atoms with Crippen LogP contribution < -0.4 is 10.5 Å². The monoisotopic (exact) mass is 399 g/mol. The molecular formula is C22H16FN6O+. The largest absolute Gasteiger partial charge is 0.323 e. The molecule has 0 spiro atoms. The molecule has 0 radical (unpaired) electrons. The number of nitrogens with zero attached hydrogens (tertiary/aromatic N) is 5. The van der Waals surface area contributed by atoms with E-state index in [9.17, 15) is 9.18 Å². The van der Waals surface area contributed by atoms with Crippen molar-refractivity contribution < 1.29 is 9.37 Å². The van der Waals surface area contributed by atoms with Gasteiger partial charge in [-0.2, -0.15) is 0 Å². The maximum Gasteiger partial charge on any atom is 0.323 e. The minimum Gasteiger partial charge on any atom is -0.250 e. The van der Waals surface area contributed by atoms with Crippen molar-refractivity contribution in [3.05, 3.63) is 89.2 Å². The number of halogens is 1. The summed E-state index contributed by atoms with van der Waals surface area (Å²) in [5.74, 6) is -0.322. The minimum absolute atomic E-state index is 0.214. The van der Waals surface area contributed by atoms with Gasteiger partial charge in [-0.3, -0.25) is 0 Å². The standard InChI is InChI=1S/C22H15FN6O/c1-2-11-28-13-24-20-18(22(28)30)19-21(27-17-6-4-3-5-16(17)26-19)29(20)25-12-14-7-9-15(23)10-8-14/h2-10,12-13H,1,11H2/p+1/b25-12-. The molecule has 0 aliphatic rings. The van der Waals surface area contributed by atoms with E-state index in [4.69, 9.17) is 4.98 Å². The highest BCUT2D eigenvalue weighted by Crippen LogP contribution is 2.23. The van der Waals surface area contributed by atoms with Crippen molar-refractivity contribution in [2.75, 3.05) is 0 Å². The summed E-state index contributed by atoms with van der Waals surface area (Å²) in [6.45, 7) is 4.06. The summed E-state index contributed by atoms with van der Waals surface area (Å²) >= 11 is 0. The van der Waals surface area contributed by atoms with Crippen LogP contribution in [-0.2, 0) is 6.54 Å². The molecule has 5 aromatic rings. The lowest BCUT2D eigenvalue weighted by Crippen LogP contribution is -2.26. The molecule has 3 aromatic heterocycles. The van der Waals surface area contributed by atoms with Crippen LogP contribution >= 0.6 is 0 Å². The molecule has 146 valence electrons. The van der Waals surface area contributed by atoms with Gasteiger partial charge in [0, 0.05) is 0 Å². The molecular weight excluding hydrogens is 383 g/mol. The van der Waals surface area contributed by atoms with Gasteiger partial charge in [0.15, 0.2) is 11.7 Å². The quantitative estimate of drug-likeness (QED) is 0.344. The summed E-state index contributed by atoms with van der Waals surface area (Å²) in [6.07, 6.45) is 4.81. The Labute approximate surface area is 169 Å². The average Bonchev–Trinajstić information content (AvgIpc) is 3.07. The van der Waals surface area contributed by atoms with Crippen LogP contribution in [-0.4, -0.2) is 25.4 Å². The second-order valence-electron chi connectivity index (χ2n) is 6.74. The number of hydrogen-bond donors (Lipinski definition) is 0. The van der Waals surface area contributed by atoms with E-state index < -0.39 is 0 Å². The number of fused-ring (bicyclic) bond motifs is 4. The molecule has 0 fully saturated rings. The first-order valence-electron chi connectivity index (χ1n) is 9.28. The normalized spacial score (nSPS) is 11.8. The van der Waals surface area contributed by atoms with Crippen molar-refractivity contribution >= 4 is 39.4 Å². The van der Waals surface area contributed by atoms with Crippen LogP contribution in [0.1, 0.15) is 5.56 Å². The Kier molecular flexibility index (Phi) is 4.17. The number of aromatic nitrogens is 5. The highest BCUT2D eigenvalue weighted by atomic mass is 19.1. The second-order valence-corrected chi connectivity index (χ2v) is 6.74. The van der Waals surface area contributed by atoms with Gasteiger partial charge in [0.05, 0.1) is 23.8 Å². The van der Waals surface area contributed by atoms with E-state index >= 15 is 0 Å². The number of hydrogen-bond acceptors (Lipinski definition) is 4. The topological polar surface area (TPSA) is 79.2 Å². The predicted molar refractivity (Wildman–Crippen MR) is 113 cm³/mol. The Morgan fingerprint density at radius 2 is 1.83 bits per heavy atom. The molecule has 0 bridgehead atoms. The van der Waals surface area contributed by atoms with Gasteiger partial charge in [0.2, 0.25) is 5.65 Å². The number of benzene rings is 2. The van der Waals surface area contributed by atoms with Gasteiger partial charge >= 0.3 is 5.56 Å². The molecule has 30 heavy (non-hydrogen) atoms. The van der Waals surface area contributed by atoms with Gasteiger partial charge in [-0.15, -0.1) is 9.78 Å². The van der Waals surface area contributed by atoms with Gasteiger partial charge in [0.25, 0.3) is 5.65 Å². The van der Waals surface area contributed by atoms with E-state index in [2.05, 4.69) is 21.6 Å². The van der Waals surface area contributed by atoms with Crippen LogP contribution in [0.4, 0.5) is 4.39 Å². The van der Waals surface area contributed by atoms with Crippen molar-refractivity contribution in [2.45, 2.75) is 6.54 Å². The molecule has 0 saturated heterocycles. The lowest BCUT2D eigenvalue weighted by atomic mass is 10.2. The second kappa shape index (κ2) is 7.00. The van der Waals surface area contributed by atoms with Gasteiger partial charge < -0.3 is 0 Å². The summed E-state index contributed by atoms with van der Waals surface area (Å²) < 4.78 is 16.3. The van der Waals surface area contributed by atoms with Gasteiger partial charge in [-0.1, -0.05) is 36.9 Å². The van der Waals surface area contributed by atoms with E-state index in [1.165, 1.54) is 16.7 Å². The van der Waals surface area contributed by atoms with Gasteiger partial charge in [-0.05, 0) is 29.8 Å². The highest BCUT2D eigenvalue weighted by Gasteiger charge is 2.24. The molecule has 0 aliphatic heterocycles. The third-order valence-corrected chi connectivity index (χ3v) is 4.79. The summed E-state index contributed by atoms with van der Waals surface area (Å²) in [7, 11) is 0. The minimum atomic E-state index is -0.322. The predicted octanol–water partition coefficient (Wildman–Crippen LogP) is 2.92. The summed E-state index contributed by atoms with van der Waals surface area (Å²) in [5, 5.41) is 4.91. The maximum atomic E-state index is 13.2. The maximum absolute atomic E-state index is 13.2. The zero-order chi connectivity index (χ0) is 20.7. The number of aromatic amines is 1. The van der Waals surface area contributed by atoms with E-state index in [1.54, 1.807) is 35.4 Å². The highest BCUT2D eigenvalue weighted by molar-refractivity contribution is 6.03. The van der Waals surface area contributed by atoms with Crippen LogP contribution in [0.15, 0.2) is 77.4 Å². The zero-order valence-corrected chi connectivity index (χ0v) is 15.8. The van der Waals surface area contributed by atoms with E-state index in [0.29, 0.717) is 45.3 Å². The number of nitrogens with one attached hydrogen (secondary N) is 1. The molecule has 3 heterocycles. The van der Waals surface area contributed by atoms with Gasteiger partial charge in [0.1, 0.15) is 11.3 Å². The first-order valence-corrected chi connectivity index (χ1v) is 9.28. The Morgan fingerprint density at radius 3 is 2.57 bits per heavy atom. The van der Waals surface area contributed by atoms with Gasteiger partial charge in [-0.25, -0.2) is 28.7 Å². The van der Waals surface area contributed by atoms with Crippen molar-refractivity contribution in [1.29, 1.82) is 0 Å². The van der Waals surface area contributed by atoms with Crippen LogP contribution in [0.2, 0.25) is 0 Å². The Balaban J connectivity index is 1.83. The zero-order valence-electron chi connectivity index (χ0n) is 15.8. The lowest BCUT2D eigenvalue weighted by Gasteiger charge is -1.97. The fourth-order valence-electron chi connectivity index (χ4n) is 3.37. The lowest BCUT2D eigenvalue weighted by molar-refractivity contribution is -0.357. The van der Waals surface area contributed by atoms with Crippen molar-refractivity contribution in [1.82, 2.24) is 19.2 Å². The molecule has 8 heteroatoms. The molecule has 2 aromatic carbocycles. The number of H-pyrrole nitrogens is 1. The average molecular weight is 399 g/mol.